The third kappa shape index (κ3) is 2.32. The first-order valence-corrected chi connectivity index (χ1v) is 8.65. The topological polar surface area (TPSA) is 75.4 Å². The molecule has 3 rings (SSSR count). The Labute approximate surface area is 120 Å². The largest absolute Gasteiger partial charge is 0.324 e. The summed E-state index contributed by atoms with van der Waals surface area (Å²) in [5.41, 5.74) is 3.22. The van der Waals surface area contributed by atoms with E-state index < -0.39 is 10.0 Å². The summed E-state index contributed by atoms with van der Waals surface area (Å²) in [6.07, 6.45) is 5.57. The number of hydrogen-bond acceptors (Lipinski definition) is 4. The van der Waals surface area contributed by atoms with Crippen LogP contribution in [0.1, 0.15) is 32.1 Å². The van der Waals surface area contributed by atoms with Crippen molar-refractivity contribution in [2.75, 3.05) is 12.0 Å². The van der Waals surface area contributed by atoms with Gasteiger partial charge in [0, 0.05) is 18.3 Å². The SMILES string of the molecule is NNc1ccc(S(=O)(=O)N2CCC3CCCCC32)cc1. The molecule has 20 heavy (non-hydrogen) atoms. The first-order valence-electron chi connectivity index (χ1n) is 7.21. The van der Waals surface area contributed by atoms with Gasteiger partial charge in [-0.15, -0.1) is 0 Å². The third-order valence-corrected chi connectivity index (χ3v) is 6.53. The van der Waals surface area contributed by atoms with Crippen LogP contribution in [0.2, 0.25) is 0 Å². The molecule has 0 radical (unpaired) electrons. The molecule has 1 saturated carbocycles. The number of fused-ring (bicyclic) bond motifs is 1. The highest BCUT2D eigenvalue weighted by molar-refractivity contribution is 7.89. The molecule has 0 bridgehead atoms. The molecule has 3 N–H and O–H groups in total. The summed E-state index contributed by atoms with van der Waals surface area (Å²) in [7, 11) is -3.37. The molecule has 0 amide bonds. The monoisotopic (exact) mass is 295 g/mol. The molecule has 2 atom stereocenters. The molecule has 0 spiro atoms. The Bertz CT molecular complexity index is 571. The van der Waals surface area contributed by atoms with Gasteiger partial charge in [0.2, 0.25) is 10.0 Å². The summed E-state index contributed by atoms with van der Waals surface area (Å²) in [6, 6.07) is 6.85. The minimum Gasteiger partial charge on any atom is -0.324 e. The summed E-state index contributed by atoms with van der Waals surface area (Å²) < 4.78 is 27.3. The van der Waals surface area contributed by atoms with Gasteiger partial charge >= 0.3 is 0 Å². The number of hydrazine groups is 1. The van der Waals surface area contributed by atoms with E-state index in [1.807, 2.05) is 0 Å². The number of nitrogens with one attached hydrogen (secondary N) is 1. The molecule has 1 aromatic rings. The molecule has 1 aromatic carbocycles. The van der Waals surface area contributed by atoms with E-state index in [1.54, 1.807) is 28.6 Å². The maximum absolute atomic E-state index is 12.8. The average Bonchev–Trinajstić information content (AvgIpc) is 2.92. The van der Waals surface area contributed by atoms with Crippen LogP contribution < -0.4 is 11.3 Å². The van der Waals surface area contributed by atoms with Crippen molar-refractivity contribution in [1.82, 2.24) is 4.31 Å². The van der Waals surface area contributed by atoms with Gasteiger partial charge in [0.1, 0.15) is 0 Å². The molecule has 1 aliphatic carbocycles. The Morgan fingerprint density at radius 1 is 1.10 bits per heavy atom. The number of hydrogen-bond donors (Lipinski definition) is 2. The highest BCUT2D eigenvalue weighted by Gasteiger charge is 2.42. The molecule has 110 valence electrons. The lowest BCUT2D eigenvalue weighted by Crippen LogP contribution is -2.39. The van der Waals surface area contributed by atoms with E-state index in [0.717, 1.165) is 19.3 Å². The van der Waals surface area contributed by atoms with E-state index in [-0.39, 0.29) is 6.04 Å². The maximum Gasteiger partial charge on any atom is 0.243 e. The third-order valence-electron chi connectivity index (χ3n) is 4.59. The summed E-state index contributed by atoms with van der Waals surface area (Å²) in [4.78, 5) is 0.364. The zero-order valence-electron chi connectivity index (χ0n) is 11.5. The number of rotatable bonds is 3. The van der Waals surface area contributed by atoms with Crippen molar-refractivity contribution < 1.29 is 8.42 Å². The maximum atomic E-state index is 12.8. The molecule has 5 nitrogen and oxygen atoms in total. The highest BCUT2D eigenvalue weighted by Crippen LogP contribution is 2.39. The molecule has 2 aliphatic rings. The van der Waals surface area contributed by atoms with Crippen LogP contribution in [0.5, 0.6) is 0 Å². The van der Waals surface area contributed by atoms with Crippen LogP contribution in [-0.2, 0) is 10.0 Å². The Kier molecular flexibility index (Phi) is 3.70. The standard InChI is InChI=1S/C14H21N3O2S/c15-16-12-5-7-13(8-6-12)20(18,19)17-10-9-11-3-1-2-4-14(11)17/h5-8,11,14,16H,1-4,9-10,15H2. The number of benzene rings is 1. The van der Waals surface area contributed by atoms with Crippen LogP contribution in [0.25, 0.3) is 0 Å². The van der Waals surface area contributed by atoms with Gasteiger partial charge in [-0.3, -0.25) is 5.84 Å². The van der Waals surface area contributed by atoms with Gasteiger partial charge in [-0.2, -0.15) is 4.31 Å². The van der Waals surface area contributed by atoms with Gasteiger partial charge in [0.15, 0.2) is 0 Å². The molecule has 2 fully saturated rings. The average molecular weight is 295 g/mol. The molecular weight excluding hydrogens is 274 g/mol. The number of nitrogens with zero attached hydrogens (tertiary/aromatic N) is 1. The Balaban J connectivity index is 1.87. The minimum atomic E-state index is -3.37. The highest BCUT2D eigenvalue weighted by atomic mass is 32.2. The Hall–Kier alpha value is -1.11. The van der Waals surface area contributed by atoms with Crippen molar-refractivity contribution in [1.29, 1.82) is 0 Å². The second kappa shape index (κ2) is 5.35. The van der Waals surface area contributed by atoms with Crippen LogP contribution in [0, 0.1) is 5.92 Å². The first kappa shape index (κ1) is 13.9. The lowest BCUT2D eigenvalue weighted by Gasteiger charge is -2.31. The van der Waals surface area contributed by atoms with E-state index >= 15 is 0 Å². The fraction of sp³-hybridized carbons (Fsp3) is 0.571. The van der Waals surface area contributed by atoms with E-state index in [1.165, 1.54) is 12.8 Å². The summed E-state index contributed by atoms with van der Waals surface area (Å²) in [5.74, 6) is 5.87. The molecule has 6 heteroatoms. The molecule has 1 saturated heterocycles. The van der Waals surface area contributed by atoms with Gasteiger partial charge in [-0.25, -0.2) is 8.42 Å². The molecule has 2 unspecified atom stereocenters. The molecule has 1 heterocycles. The Morgan fingerprint density at radius 3 is 2.50 bits per heavy atom. The van der Waals surface area contributed by atoms with Crippen molar-refractivity contribution in [3.8, 4) is 0 Å². The number of nitrogens with two attached hydrogens (primary N) is 1. The predicted octanol–water partition coefficient (Wildman–Crippen LogP) is 1.93. The molecular formula is C14H21N3O2S. The smallest absolute Gasteiger partial charge is 0.243 e. The summed E-state index contributed by atoms with van der Waals surface area (Å²) >= 11 is 0. The van der Waals surface area contributed by atoms with E-state index in [0.29, 0.717) is 23.0 Å². The van der Waals surface area contributed by atoms with Gasteiger partial charge in [-0.05, 0) is 49.4 Å². The van der Waals surface area contributed by atoms with E-state index in [2.05, 4.69) is 5.43 Å². The van der Waals surface area contributed by atoms with Crippen LogP contribution in [0.4, 0.5) is 5.69 Å². The van der Waals surface area contributed by atoms with Crippen molar-refractivity contribution in [2.45, 2.75) is 43.0 Å². The van der Waals surface area contributed by atoms with Crippen LogP contribution in [-0.4, -0.2) is 25.3 Å². The second-order valence-corrected chi connectivity index (χ2v) is 7.58. The quantitative estimate of drug-likeness (QED) is 0.660. The van der Waals surface area contributed by atoms with Crippen LogP contribution >= 0.6 is 0 Å². The second-order valence-electron chi connectivity index (χ2n) is 5.69. The number of nitrogen functional groups attached to an aromatic ring is 1. The molecule has 0 aromatic heterocycles. The zero-order chi connectivity index (χ0) is 14.2. The zero-order valence-corrected chi connectivity index (χ0v) is 12.3. The predicted molar refractivity (Wildman–Crippen MR) is 78.5 cm³/mol. The van der Waals surface area contributed by atoms with Gasteiger partial charge in [0.05, 0.1) is 4.90 Å². The van der Waals surface area contributed by atoms with E-state index in [4.69, 9.17) is 5.84 Å². The normalized spacial score (nSPS) is 27.2. The Morgan fingerprint density at radius 2 is 1.80 bits per heavy atom. The number of anilines is 1. The van der Waals surface area contributed by atoms with Crippen molar-refractivity contribution in [3.63, 3.8) is 0 Å². The van der Waals surface area contributed by atoms with Gasteiger partial charge in [-0.1, -0.05) is 12.8 Å². The summed E-state index contributed by atoms with van der Waals surface area (Å²) in [6.45, 7) is 0.661. The van der Waals surface area contributed by atoms with Crippen molar-refractivity contribution in [3.05, 3.63) is 24.3 Å². The fourth-order valence-corrected chi connectivity index (χ4v) is 5.25. The van der Waals surface area contributed by atoms with Crippen LogP contribution in [0.15, 0.2) is 29.2 Å². The van der Waals surface area contributed by atoms with Crippen LogP contribution in [0.3, 0.4) is 0 Å². The number of sulfonamides is 1. The first-order chi connectivity index (χ1) is 9.63. The van der Waals surface area contributed by atoms with E-state index in [9.17, 15) is 8.42 Å². The van der Waals surface area contributed by atoms with Crippen molar-refractivity contribution in [2.24, 2.45) is 11.8 Å². The lowest BCUT2D eigenvalue weighted by molar-refractivity contribution is 0.260. The summed E-state index contributed by atoms with van der Waals surface area (Å²) in [5, 5.41) is 0. The van der Waals surface area contributed by atoms with Gasteiger partial charge in [0.25, 0.3) is 0 Å². The minimum absolute atomic E-state index is 0.209. The molecule has 1 aliphatic heterocycles. The lowest BCUT2D eigenvalue weighted by atomic mass is 9.86. The van der Waals surface area contributed by atoms with Crippen molar-refractivity contribution >= 4 is 15.7 Å². The van der Waals surface area contributed by atoms with Gasteiger partial charge < -0.3 is 5.43 Å². The fourth-order valence-electron chi connectivity index (χ4n) is 3.52.